The van der Waals surface area contributed by atoms with Crippen molar-refractivity contribution < 1.29 is 18.8 Å². The first-order chi connectivity index (χ1) is 12.2. The van der Waals surface area contributed by atoms with Crippen LogP contribution in [-0.2, 0) is 24.1 Å². The fraction of sp³-hybridized carbons (Fsp3) is 0.471. The molecule has 25 heavy (non-hydrogen) atoms. The van der Waals surface area contributed by atoms with Crippen molar-refractivity contribution in [1.82, 2.24) is 20.4 Å². The summed E-state index contributed by atoms with van der Waals surface area (Å²) in [6.07, 6.45) is 1.35. The van der Waals surface area contributed by atoms with E-state index in [0.29, 0.717) is 31.3 Å². The number of hydrogen-bond acceptors (Lipinski definition) is 6. The molecule has 2 heterocycles. The van der Waals surface area contributed by atoms with E-state index >= 15 is 0 Å². The van der Waals surface area contributed by atoms with Gasteiger partial charge in [-0.05, 0) is 11.6 Å². The highest BCUT2D eigenvalue weighted by Gasteiger charge is 2.25. The molecule has 1 N–H and O–H groups in total. The van der Waals surface area contributed by atoms with Gasteiger partial charge in [0.1, 0.15) is 11.9 Å². The number of carbonyl (C=O) groups is 1. The van der Waals surface area contributed by atoms with Gasteiger partial charge in [-0.3, -0.25) is 0 Å². The number of methoxy groups -OCH3 is 1. The van der Waals surface area contributed by atoms with Crippen molar-refractivity contribution in [3.8, 4) is 5.75 Å². The number of amides is 2. The van der Waals surface area contributed by atoms with Crippen LogP contribution in [0.4, 0.5) is 4.79 Å². The van der Waals surface area contributed by atoms with Gasteiger partial charge in [0, 0.05) is 27.0 Å². The van der Waals surface area contributed by atoms with E-state index in [1.54, 1.807) is 19.1 Å². The molecule has 0 spiro atoms. The van der Waals surface area contributed by atoms with Gasteiger partial charge in [0.05, 0.1) is 19.7 Å². The van der Waals surface area contributed by atoms with Crippen molar-refractivity contribution in [2.75, 3.05) is 27.3 Å². The summed E-state index contributed by atoms with van der Waals surface area (Å²) in [5, 5.41) is 6.60. The third kappa shape index (κ3) is 4.48. The maximum Gasteiger partial charge on any atom is 0.317 e. The molecule has 1 aliphatic heterocycles. The molecule has 0 fully saturated rings. The van der Waals surface area contributed by atoms with Crippen LogP contribution in [0.3, 0.4) is 0 Å². The fourth-order valence-corrected chi connectivity index (χ4v) is 2.69. The minimum Gasteiger partial charge on any atom is -0.488 e. The Labute approximate surface area is 146 Å². The molecule has 1 aromatic carbocycles. The zero-order chi connectivity index (χ0) is 17.6. The molecule has 3 rings (SSSR count). The molecular weight excluding hydrogens is 324 g/mol. The standard InChI is InChI=1S/C17H22N4O4/c1-21(11-13-9-12-5-3-4-6-14(12)24-13)17(22)18-10-16-19-15(20-25-16)7-8-23-2/h3-6,13H,7-11H2,1-2H3,(H,18,22)/t13-/m0/s1. The van der Waals surface area contributed by atoms with Gasteiger partial charge in [-0.25, -0.2) is 4.79 Å². The Balaban J connectivity index is 1.43. The van der Waals surface area contributed by atoms with Crippen LogP contribution in [0.2, 0.25) is 0 Å². The second-order valence-corrected chi connectivity index (χ2v) is 5.94. The third-order valence-corrected chi connectivity index (χ3v) is 3.97. The smallest absolute Gasteiger partial charge is 0.317 e. The van der Waals surface area contributed by atoms with E-state index in [2.05, 4.69) is 15.5 Å². The summed E-state index contributed by atoms with van der Waals surface area (Å²) < 4.78 is 15.9. The van der Waals surface area contributed by atoms with E-state index in [-0.39, 0.29) is 18.7 Å². The minimum absolute atomic E-state index is 0.0304. The molecule has 0 aliphatic carbocycles. The van der Waals surface area contributed by atoms with Gasteiger partial charge in [-0.15, -0.1) is 0 Å². The quantitative estimate of drug-likeness (QED) is 0.815. The van der Waals surface area contributed by atoms with Gasteiger partial charge in [-0.2, -0.15) is 4.98 Å². The second-order valence-electron chi connectivity index (χ2n) is 5.94. The molecular formula is C17H22N4O4. The van der Waals surface area contributed by atoms with Gasteiger partial charge in [0.2, 0.25) is 5.89 Å². The molecule has 134 valence electrons. The lowest BCUT2D eigenvalue weighted by Crippen LogP contribution is -2.42. The summed E-state index contributed by atoms with van der Waals surface area (Å²) in [4.78, 5) is 18.0. The number of aromatic nitrogens is 2. The number of benzene rings is 1. The largest absolute Gasteiger partial charge is 0.488 e. The summed E-state index contributed by atoms with van der Waals surface area (Å²) >= 11 is 0. The monoisotopic (exact) mass is 346 g/mol. The van der Waals surface area contributed by atoms with Gasteiger partial charge < -0.3 is 24.2 Å². The molecule has 0 saturated carbocycles. The summed E-state index contributed by atoms with van der Waals surface area (Å²) in [6, 6.07) is 7.73. The minimum atomic E-state index is -0.212. The van der Waals surface area contributed by atoms with Crippen molar-refractivity contribution in [2.24, 2.45) is 0 Å². The van der Waals surface area contributed by atoms with E-state index in [1.165, 1.54) is 5.56 Å². The number of para-hydroxylation sites is 1. The molecule has 0 bridgehead atoms. The van der Waals surface area contributed by atoms with E-state index < -0.39 is 0 Å². The SMILES string of the molecule is COCCc1noc(CNC(=O)N(C)C[C@@H]2Cc3ccccc3O2)n1. The Bertz CT molecular complexity index is 693. The van der Waals surface area contributed by atoms with Crippen molar-refractivity contribution in [3.05, 3.63) is 41.5 Å². The number of hydrogen-bond donors (Lipinski definition) is 1. The number of likely N-dealkylation sites (N-methyl/N-ethyl adjacent to an activating group) is 1. The highest BCUT2D eigenvalue weighted by molar-refractivity contribution is 5.73. The van der Waals surface area contributed by atoms with Crippen LogP contribution in [0, 0.1) is 0 Å². The lowest BCUT2D eigenvalue weighted by atomic mass is 10.1. The molecule has 1 aliphatic rings. The van der Waals surface area contributed by atoms with Crippen LogP contribution in [-0.4, -0.2) is 54.5 Å². The zero-order valence-electron chi connectivity index (χ0n) is 14.4. The van der Waals surface area contributed by atoms with Crippen LogP contribution < -0.4 is 10.1 Å². The first-order valence-electron chi connectivity index (χ1n) is 8.19. The Morgan fingerprint density at radius 3 is 3.08 bits per heavy atom. The van der Waals surface area contributed by atoms with Crippen molar-refractivity contribution >= 4 is 6.03 Å². The number of nitrogens with one attached hydrogen (secondary N) is 1. The maximum absolute atomic E-state index is 12.2. The molecule has 1 atom stereocenters. The van der Waals surface area contributed by atoms with Crippen LogP contribution in [0.1, 0.15) is 17.3 Å². The van der Waals surface area contributed by atoms with Gasteiger partial charge >= 0.3 is 6.03 Å². The van der Waals surface area contributed by atoms with E-state index in [4.69, 9.17) is 14.0 Å². The van der Waals surface area contributed by atoms with Gasteiger partial charge in [-0.1, -0.05) is 23.4 Å². The summed E-state index contributed by atoms with van der Waals surface area (Å²) in [5.74, 6) is 1.84. The molecule has 2 amide bonds. The number of nitrogens with zero attached hydrogens (tertiary/aromatic N) is 3. The van der Waals surface area contributed by atoms with Crippen molar-refractivity contribution in [3.63, 3.8) is 0 Å². The average Bonchev–Trinajstić information content (AvgIpc) is 3.23. The molecule has 0 unspecified atom stereocenters. The van der Waals surface area contributed by atoms with Crippen molar-refractivity contribution in [2.45, 2.75) is 25.5 Å². The highest BCUT2D eigenvalue weighted by Crippen LogP contribution is 2.28. The van der Waals surface area contributed by atoms with E-state index in [1.807, 2.05) is 24.3 Å². The first-order valence-corrected chi connectivity index (χ1v) is 8.19. The van der Waals surface area contributed by atoms with Crippen LogP contribution in [0.5, 0.6) is 5.75 Å². The Hall–Kier alpha value is -2.61. The lowest BCUT2D eigenvalue weighted by Gasteiger charge is -2.21. The Kier molecular flexibility index (Phi) is 5.49. The number of rotatable bonds is 7. The molecule has 2 aromatic rings. The van der Waals surface area contributed by atoms with E-state index in [0.717, 1.165) is 12.2 Å². The Morgan fingerprint density at radius 2 is 2.28 bits per heavy atom. The third-order valence-electron chi connectivity index (χ3n) is 3.97. The highest BCUT2D eigenvalue weighted by atomic mass is 16.5. The summed E-state index contributed by atoms with van der Waals surface area (Å²) in [5.41, 5.74) is 1.18. The first kappa shape index (κ1) is 17.2. The zero-order valence-corrected chi connectivity index (χ0v) is 14.4. The maximum atomic E-state index is 12.2. The fourth-order valence-electron chi connectivity index (χ4n) is 2.69. The Morgan fingerprint density at radius 1 is 1.44 bits per heavy atom. The number of ether oxygens (including phenoxy) is 2. The second kappa shape index (κ2) is 7.98. The van der Waals surface area contributed by atoms with Gasteiger partial charge in [0.15, 0.2) is 5.82 Å². The molecule has 8 heteroatoms. The van der Waals surface area contributed by atoms with Crippen LogP contribution in [0.15, 0.2) is 28.8 Å². The molecule has 8 nitrogen and oxygen atoms in total. The predicted molar refractivity (Wildman–Crippen MR) is 89.3 cm³/mol. The summed E-state index contributed by atoms with van der Waals surface area (Å²) in [7, 11) is 3.35. The molecule has 0 radical (unpaired) electrons. The van der Waals surface area contributed by atoms with Gasteiger partial charge in [0.25, 0.3) is 0 Å². The van der Waals surface area contributed by atoms with Crippen LogP contribution in [0.25, 0.3) is 0 Å². The molecule has 1 aromatic heterocycles. The normalized spacial score (nSPS) is 15.5. The predicted octanol–water partition coefficient (Wildman–Crippen LogP) is 1.40. The number of carbonyl (C=O) groups excluding carboxylic acids is 1. The lowest BCUT2D eigenvalue weighted by molar-refractivity contribution is 0.163. The summed E-state index contributed by atoms with van der Waals surface area (Å²) in [6.45, 7) is 1.22. The number of urea groups is 1. The topological polar surface area (TPSA) is 89.7 Å². The molecule has 0 saturated heterocycles. The average molecular weight is 346 g/mol. The van der Waals surface area contributed by atoms with E-state index in [9.17, 15) is 4.79 Å². The number of fused-ring (bicyclic) bond motifs is 1. The van der Waals surface area contributed by atoms with Crippen LogP contribution >= 0.6 is 0 Å². The van der Waals surface area contributed by atoms with Crippen molar-refractivity contribution in [1.29, 1.82) is 0 Å².